The van der Waals surface area contributed by atoms with E-state index in [2.05, 4.69) is 19.2 Å². The van der Waals surface area contributed by atoms with Gasteiger partial charge in [-0.05, 0) is 53.4 Å². The second-order valence-corrected chi connectivity index (χ2v) is 19.0. The highest BCUT2D eigenvalue weighted by atomic mass is 16.6. The van der Waals surface area contributed by atoms with Gasteiger partial charge in [-0.1, -0.05) is 200 Å². The lowest BCUT2D eigenvalue weighted by Gasteiger charge is -2.23. The van der Waals surface area contributed by atoms with Gasteiger partial charge in [0.05, 0.1) is 6.04 Å². The highest BCUT2D eigenvalue weighted by molar-refractivity contribution is 5.88. The Bertz CT molecular complexity index is 1090. The first-order valence-electron chi connectivity index (χ1n) is 25.7. The fourth-order valence-corrected chi connectivity index (χ4v) is 7.73. The summed E-state index contributed by atoms with van der Waals surface area (Å²) in [7, 11) is 0. The van der Waals surface area contributed by atoms with E-state index in [0.717, 1.165) is 38.5 Å². The van der Waals surface area contributed by atoms with Gasteiger partial charge in [0.2, 0.25) is 0 Å². The van der Waals surface area contributed by atoms with Gasteiger partial charge in [-0.15, -0.1) is 0 Å². The summed E-state index contributed by atoms with van der Waals surface area (Å²) in [4.78, 5) is 63.3. The largest absolute Gasteiger partial charge is 0.462 e. The fraction of sp³-hybridized carbons (Fsp3) is 0.904. The molecule has 2 atom stereocenters. The van der Waals surface area contributed by atoms with Gasteiger partial charge in [-0.3, -0.25) is 14.4 Å². The number of ether oxygens (including phenoxy) is 3. The molecule has 1 amide bonds. The molecule has 0 aliphatic carbocycles. The molecule has 2 unspecified atom stereocenters. The number of carbonyl (C=O) groups excluding carboxylic acids is 5. The number of ketones is 2. The minimum absolute atomic E-state index is 0.0219. The van der Waals surface area contributed by atoms with Crippen LogP contribution in [0, 0.1) is 0 Å². The third kappa shape index (κ3) is 42.6. The van der Waals surface area contributed by atoms with Crippen LogP contribution in [0.1, 0.15) is 279 Å². The van der Waals surface area contributed by atoms with E-state index in [1.165, 1.54) is 167 Å². The van der Waals surface area contributed by atoms with Gasteiger partial charge in [0, 0.05) is 25.7 Å². The average molecular weight is 864 g/mol. The average Bonchev–Trinajstić information content (AvgIpc) is 3.20. The van der Waals surface area contributed by atoms with Gasteiger partial charge >= 0.3 is 18.0 Å². The van der Waals surface area contributed by atoms with E-state index in [1.807, 2.05) is 0 Å². The van der Waals surface area contributed by atoms with Crippen LogP contribution in [0.25, 0.3) is 0 Å². The number of nitrogens with one attached hydrogen (secondary N) is 1. The second kappa shape index (κ2) is 41.6. The first-order valence-corrected chi connectivity index (χ1v) is 25.7. The van der Waals surface area contributed by atoms with Crippen molar-refractivity contribution in [3.63, 3.8) is 0 Å². The fourth-order valence-electron chi connectivity index (χ4n) is 7.73. The second-order valence-electron chi connectivity index (χ2n) is 19.0. The maximum absolute atomic E-state index is 13.4. The molecule has 0 saturated heterocycles. The van der Waals surface area contributed by atoms with Crippen LogP contribution in [0.3, 0.4) is 0 Å². The molecular formula is C52H97NO8. The summed E-state index contributed by atoms with van der Waals surface area (Å²) >= 11 is 0. The molecular weight excluding hydrogens is 767 g/mol. The Morgan fingerprint density at radius 1 is 0.459 bits per heavy atom. The smallest absolute Gasteiger partial charge is 0.408 e. The molecule has 0 fully saturated rings. The van der Waals surface area contributed by atoms with Crippen LogP contribution in [-0.2, 0) is 33.4 Å². The van der Waals surface area contributed by atoms with E-state index in [-0.39, 0.29) is 62.2 Å². The summed E-state index contributed by atoms with van der Waals surface area (Å²) in [6, 6.07) is -0.923. The number of alkyl carbamates (subject to hydrolysis) is 1. The molecule has 0 aliphatic heterocycles. The summed E-state index contributed by atoms with van der Waals surface area (Å²) in [6.45, 7) is 11.1. The molecule has 0 aromatic heterocycles. The number of carbonyl (C=O) groups is 5. The summed E-state index contributed by atoms with van der Waals surface area (Å²) in [6.07, 6.45) is 38.3. The van der Waals surface area contributed by atoms with Crippen molar-refractivity contribution >= 4 is 29.6 Å². The van der Waals surface area contributed by atoms with Crippen LogP contribution in [0.4, 0.5) is 4.79 Å². The number of rotatable bonds is 44. The molecule has 0 heterocycles. The topological polar surface area (TPSA) is 125 Å². The van der Waals surface area contributed by atoms with Gasteiger partial charge in [0.15, 0.2) is 5.78 Å². The van der Waals surface area contributed by atoms with Crippen molar-refractivity contribution in [1.29, 1.82) is 0 Å². The van der Waals surface area contributed by atoms with Gasteiger partial charge in [0.1, 0.15) is 24.1 Å². The Kier molecular flexibility index (Phi) is 39.9. The molecule has 0 aromatic carbocycles. The van der Waals surface area contributed by atoms with Crippen LogP contribution in [-0.4, -0.2) is 54.0 Å². The molecule has 0 radical (unpaired) electrons. The predicted molar refractivity (Wildman–Crippen MR) is 252 cm³/mol. The molecule has 9 heteroatoms. The zero-order valence-corrected chi connectivity index (χ0v) is 40.8. The zero-order valence-electron chi connectivity index (χ0n) is 40.8. The number of hydrogen-bond donors (Lipinski definition) is 1. The minimum Gasteiger partial charge on any atom is -0.462 e. The standard InChI is InChI=1S/C52H97NO8/c1-7-9-11-13-15-17-19-21-23-25-27-29-31-33-35-37-39-50(57)60-46(41-43-48(55)47(42-40-45(3)54)53-51(58)61-52(4,5)6)44-59-49(56)38-36-34-32-30-28-26-24-22-20-18-16-14-12-10-8-2/h46-47H,7-44H2,1-6H3,(H,53,58). The molecule has 0 aliphatic rings. The molecule has 0 rings (SSSR count). The third-order valence-electron chi connectivity index (χ3n) is 11.5. The third-order valence-corrected chi connectivity index (χ3v) is 11.5. The summed E-state index contributed by atoms with van der Waals surface area (Å²) < 4.78 is 16.7. The van der Waals surface area contributed by atoms with Crippen molar-refractivity contribution in [2.45, 2.75) is 297 Å². The lowest BCUT2D eigenvalue weighted by atomic mass is 10.0. The van der Waals surface area contributed by atoms with E-state index in [9.17, 15) is 24.0 Å². The number of Topliss-reactive ketones (excluding diaryl/α,β-unsaturated/α-hetero) is 2. The Morgan fingerprint density at radius 2 is 0.820 bits per heavy atom. The van der Waals surface area contributed by atoms with E-state index in [1.54, 1.807) is 20.8 Å². The Hall–Kier alpha value is -2.45. The van der Waals surface area contributed by atoms with Gasteiger partial charge in [0.25, 0.3) is 0 Å². The lowest BCUT2D eigenvalue weighted by Crippen LogP contribution is -2.44. The van der Waals surface area contributed by atoms with Crippen LogP contribution in [0.2, 0.25) is 0 Å². The first kappa shape index (κ1) is 58.6. The van der Waals surface area contributed by atoms with Crippen LogP contribution in [0.15, 0.2) is 0 Å². The maximum Gasteiger partial charge on any atom is 0.408 e. The van der Waals surface area contributed by atoms with Crippen molar-refractivity contribution in [1.82, 2.24) is 5.32 Å². The van der Waals surface area contributed by atoms with Gasteiger partial charge in [-0.2, -0.15) is 0 Å². The number of hydrogen-bond acceptors (Lipinski definition) is 8. The van der Waals surface area contributed by atoms with Crippen molar-refractivity contribution in [2.75, 3.05) is 6.61 Å². The molecule has 0 spiro atoms. The number of esters is 2. The summed E-state index contributed by atoms with van der Waals surface area (Å²) in [5.74, 6) is -1.08. The monoisotopic (exact) mass is 864 g/mol. The number of unbranched alkanes of at least 4 members (excludes halogenated alkanes) is 29. The van der Waals surface area contributed by atoms with Crippen molar-refractivity contribution in [3.8, 4) is 0 Å². The summed E-state index contributed by atoms with van der Waals surface area (Å²) in [5, 5.41) is 2.62. The lowest BCUT2D eigenvalue weighted by molar-refractivity contribution is -0.160. The van der Waals surface area contributed by atoms with E-state index < -0.39 is 23.8 Å². The van der Waals surface area contributed by atoms with Crippen LogP contribution in [0.5, 0.6) is 0 Å². The molecule has 61 heavy (non-hydrogen) atoms. The highest BCUT2D eigenvalue weighted by Gasteiger charge is 2.26. The van der Waals surface area contributed by atoms with Crippen molar-refractivity contribution < 1.29 is 38.2 Å². The van der Waals surface area contributed by atoms with Crippen LogP contribution < -0.4 is 5.32 Å². The SMILES string of the molecule is CCCCCCCCCCCCCCCCCCC(=O)OC(CCC(=O)C(CCC(C)=O)NC(=O)OC(C)(C)C)COC(=O)CCCCCCCCCCCCCCCCC. The molecule has 0 aromatic rings. The van der Waals surface area contributed by atoms with Crippen LogP contribution >= 0.6 is 0 Å². The highest BCUT2D eigenvalue weighted by Crippen LogP contribution is 2.18. The first-order chi connectivity index (χ1) is 29.4. The molecule has 1 N–H and O–H groups in total. The quantitative estimate of drug-likeness (QED) is 0.0365. The normalized spacial score (nSPS) is 12.5. The molecule has 0 bridgehead atoms. The Balaban J connectivity index is 4.71. The molecule has 358 valence electrons. The predicted octanol–water partition coefficient (Wildman–Crippen LogP) is 15.0. The summed E-state index contributed by atoms with van der Waals surface area (Å²) in [5.41, 5.74) is -0.750. The number of amides is 1. The van der Waals surface area contributed by atoms with Crippen molar-refractivity contribution in [3.05, 3.63) is 0 Å². The Labute approximate surface area is 375 Å². The minimum atomic E-state index is -0.923. The van der Waals surface area contributed by atoms with Crippen molar-refractivity contribution in [2.24, 2.45) is 0 Å². The zero-order chi connectivity index (χ0) is 45.2. The molecule has 9 nitrogen and oxygen atoms in total. The van der Waals surface area contributed by atoms with E-state index >= 15 is 0 Å². The van der Waals surface area contributed by atoms with E-state index in [4.69, 9.17) is 14.2 Å². The molecule has 0 saturated carbocycles. The Morgan fingerprint density at radius 3 is 1.18 bits per heavy atom. The van der Waals surface area contributed by atoms with Gasteiger partial charge in [-0.25, -0.2) is 4.79 Å². The van der Waals surface area contributed by atoms with Gasteiger partial charge < -0.3 is 24.3 Å². The van der Waals surface area contributed by atoms with E-state index in [0.29, 0.717) is 6.42 Å². The maximum atomic E-state index is 13.4.